The zero-order chi connectivity index (χ0) is 14.2. The molecule has 1 saturated heterocycles. The van der Waals surface area contributed by atoms with Crippen molar-refractivity contribution < 1.29 is 13.7 Å². The average Bonchev–Trinajstić information content (AvgIpc) is 2.47. The Bertz CT molecular complexity index is 429. The molecule has 1 fully saturated rings. The summed E-state index contributed by atoms with van der Waals surface area (Å²) >= 11 is 0. The van der Waals surface area contributed by atoms with Gasteiger partial charge in [-0.15, -0.1) is 0 Å². The van der Waals surface area contributed by atoms with Crippen LogP contribution < -0.4 is 14.8 Å². The van der Waals surface area contributed by atoms with Gasteiger partial charge >= 0.3 is 0 Å². The molecule has 1 heterocycles. The SMILES string of the molecule is CCOc1ccccc1OCCNC1CCS(=O)CC1. The third-order valence-electron chi connectivity index (χ3n) is 3.33. The Hall–Kier alpha value is -1.07. The molecule has 0 saturated carbocycles. The zero-order valence-electron chi connectivity index (χ0n) is 12.0. The summed E-state index contributed by atoms with van der Waals surface area (Å²) in [6, 6.07) is 8.22. The molecule has 0 spiro atoms. The monoisotopic (exact) mass is 297 g/mol. The Morgan fingerprint density at radius 3 is 2.50 bits per heavy atom. The quantitative estimate of drug-likeness (QED) is 0.782. The largest absolute Gasteiger partial charge is 0.490 e. The molecule has 20 heavy (non-hydrogen) atoms. The Kier molecular flexibility index (Phi) is 6.33. The number of benzene rings is 1. The van der Waals surface area contributed by atoms with Gasteiger partial charge in [-0.25, -0.2) is 0 Å². The van der Waals surface area contributed by atoms with Gasteiger partial charge in [-0.1, -0.05) is 12.1 Å². The highest BCUT2D eigenvalue weighted by Gasteiger charge is 2.16. The lowest BCUT2D eigenvalue weighted by Crippen LogP contribution is -2.37. The lowest BCUT2D eigenvalue weighted by Gasteiger charge is -2.22. The summed E-state index contributed by atoms with van der Waals surface area (Å²) in [5.41, 5.74) is 0. The first kappa shape index (κ1) is 15.3. The molecule has 0 bridgehead atoms. The normalized spacial score (nSPS) is 22.4. The molecule has 1 aromatic rings. The molecule has 5 heteroatoms. The predicted octanol–water partition coefficient (Wildman–Crippen LogP) is 1.96. The Labute approximate surface area is 123 Å². The van der Waals surface area contributed by atoms with E-state index in [1.807, 2.05) is 31.2 Å². The van der Waals surface area contributed by atoms with Crippen molar-refractivity contribution in [3.05, 3.63) is 24.3 Å². The standard InChI is InChI=1S/C15H23NO3S/c1-2-18-14-5-3-4-6-15(14)19-10-9-16-13-7-11-20(17)12-8-13/h3-6,13,16H,2,7-12H2,1H3. The molecular weight excluding hydrogens is 274 g/mol. The number of hydrogen-bond acceptors (Lipinski definition) is 4. The first-order valence-corrected chi connectivity index (χ1v) is 8.71. The smallest absolute Gasteiger partial charge is 0.161 e. The number of rotatable bonds is 7. The summed E-state index contributed by atoms with van der Waals surface area (Å²) in [4.78, 5) is 0. The molecule has 112 valence electrons. The molecular formula is C15H23NO3S. The summed E-state index contributed by atoms with van der Waals surface area (Å²) in [7, 11) is -0.591. The minimum absolute atomic E-state index is 0.485. The third kappa shape index (κ3) is 4.80. The topological polar surface area (TPSA) is 47.6 Å². The van der Waals surface area contributed by atoms with Crippen LogP contribution in [0.3, 0.4) is 0 Å². The molecule has 0 amide bonds. The van der Waals surface area contributed by atoms with Crippen molar-refractivity contribution in [1.29, 1.82) is 0 Å². The van der Waals surface area contributed by atoms with Gasteiger partial charge in [-0.3, -0.25) is 4.21 Å². The van der Waals surface area contributed by atoms with Crippen LogP contribution >= 0.6 is 0 Å². The van der Waals surface area contributed by atoms with E-state index in [2.05, 4.69) is 5.32 Å². The second-order valence-electron chi connectivity index (χ2n) is 4.80. The van der Waals surface area contributed by atoms with Crippen LogP contribution in [0.15, 0.2) is 24.3 Å². The second kappa shape index (κ2) is 8.27. The number of hydrogen-bond donors (Lipinski definition) is 1. The van der Waals surface area contributed by atoms with Crippen molar-refractivity contribution in [2.75, 3.05) is 31.3 Å². The maximum atomic E-state index is 11.3. The van der Waals surface area contributed by atoms with E-state index in [9.17, 15) is 4.21 Å². The molecule has 0 atom stereocenters. The van der Waals surface area contributed by atoms with E-state index in [1.54, 1.807) is 0 Å². The van der Waals surface area contributed by atoms with Crippen LogP contribution in [0.4, 0.5) is 0 Å². The van der Waals surface area contributed by atoms with Gasteiger partial charge in [-0.2, -0.15) is 0 Å². The lowest BCUT2D eigenvalue weighted by atomic mass is 10.1. The van der Waals surface area contributed by atoms with Crippen LogP contribution in [0, 0.1) is 0 Å². The molecule has 2 rings (SSSR count). The van der Waals surface area contributed by atoms with Crippen LogP contribution in [0.25, 0.3) is 0 Å². The molecule has 1 aliphatic heterocycles. The average molecular weight is 297 g/mol. The maximum absolute atomic E-state index is 11.3. The Morgan fingerprint density at radius 1 is 1.20 bits per heavy atom. The molecule has 1 N–H and O–H groups in total. The summed E-state index contributed by atoms with van der Waals surface area (Å²) in [6.45, 7) is 4.02. The highest BCUT2D eigenvalue weighted by Crippen LogP contribution is 2.26. The van der Waals surface area contributed by atoms with Gasteiger partial charge in [0.1, 0.15) is 6.61 Å². The fourth-order valence-electron chi connectivity index (χ4n) is 2.27. The number of para-hydroxylation sites is 2. The van der Waals surface area contributed by atoms with Crippen molar-refractivity contribution in [2.24, 2.45) is 0 Å². The predicted molar refractivity (Wildman–Crippen MR) is 82.0 cm³/mol. The first-order chi connectivity index (χ1) is 9.79. The minimum atomic E-state index is -0.591. The van der Waals surface area contributed by atoms with E-state index >= 15 is 0 Å². The van der Waals surface area contributed by atoms with Gasteiger partial charge in [0, 0.05) is 34.9 Å². The minimum Gasteiger partial charge on any atom is -0.490 e. The summed E-state index contributed by atoms with van der Waals surface area (Å²) < 4.78 is 22.5. The molecule has 1 aromatic carbocycles. The van der Waals surface area contributed by atoms with Crippen LogP contribution in [0.1, 0.15) is 19.8 Å². The lowest BCUT2D eigenvalue weighted by molar-refractivity contribution is 0.270. The fourth-order valence-corrected chi connectivity index (χ4v) is 3.57. The second-order valence-corrected chi connectivity index (χ2v) is 6.50. The van der Waals surface area contributed by atoms with Crippen LogP contribution in [0.5, 0.6) is 11.5 Å². The van der Waals surface area contributed by atoms with Crippen molar-refractivity contribution in [3.8, 4) is 11.5 Å². The molecule has 0 radical (unpaired) electrons. The molecule has 0 unspecified atom stereocenters. The maximum Gasteiger partial charge on any atom is 0.161 e. The summed E-state index contributed by atoms with van der Waals surface area (Å²) in [6.07, 6.45) is 2.00. The first-order valence-electron chi connectivity index (χ1n) is 7.22. The van der Waals surface area contributed by atoms with Crippen molar-refractivity contribution in [3.63, 3.8) is 0 Å². The Balaban J connectivity index is 1.69. The van der Waals surface area contributed by atoms with E-state index < -0.39 is 10.8 Å². The van der Waals surface area contributed by atoms with Crippen molar-refractivity contribution in [1.82, 2.24) is 5.32 Å². The van der Waals surface area contributed by atoms with Crippen molar-refractivity contribution >= 4 is 10.8 Å². The van der Waals surface area contributed by atoms with E-state index in [1.165, 1.54) is 0 Å². The van der Waals surface area contributed by atoms with Crippen LogP contribution in [0.2, 0.25) is 0 Å². The van der Waals surface area contributed by atoms with Crippen LogP contribution in [-0.4, -0.2) is 41.5 Å². The van der Waals surface area contributed by atoms with Gasteiger partial charge in [0.2, 0.25) is 0 Å². The molecule has 0 aliphatic carbocycles. The van der Waals surface area contributed by atoms with E-state index in [-0.39, 0.29) is 0 Å². The fraction of sp³-hybridized carbons (Fsp3) is 0.600. The zero-order valence-corrected chi connectivity index (χ0v) is 12.8. The highest BCUT2D eigenvalue weighted by atomic mass is 32.2. The van der Waals surface area contributed by atoms with Gasteiger partial charge in [0.15, 0.2) is 11.5 Å². The highest BCUT2D eigenvalue weighted by molar-refractivity contribution is 7.85. The van der Waals surface area contributed by atoms with E-state index in [4.69, 9.17) is 9.47 Å². The Morgan fingerprint density at radius 2 is 1.85 bits per heavy atom. The van der Waals surface area contributed by atoms with Crippen molar-refractivity contribution in [2.45, 2.75) is 25.8 Å². The van der Waals surface area contributed by atoms with Crippen LogP contribution in [-0.2, 0) is 10.8 Å². The van der Waals surface area contributed by atoms with Gasteiger partial charge in [0.05, 0.1) is 6.61 Å². The molecule has 4 nitrogen and oxygen atoms in total. The number of nitrogens with one attached hydrogen (secondary N) is 1. The van der Waals surface area contributed by atoms with E-state index in [0.717, 1.165) is 42.4 Å². The van der Waals surface area contributed by atoms with Gasteiger partial charge in [-0.05, 0) is 31.9 Å². The third-order valence-corrected chi connectivity index (χ3v) is 4.71. The van der Waals surface area contributed by atoms with Gasteiger partial charge < -0.3 is 14.8 Å². The van der Waals surface area contributed by atoms with E-state index in [0.29, 0.717) is 19.3 Å². The molecule has 1 aliphatic rings. The number of ether oxygens (including phenoxy) is 2. The summed E-state index contributed by atoms with van der Waals surface area (Å²) in [5.74, 6) is 3.24. The van der Waals surface area contributed by atoms with Gasteiger partial charge in [0.25, 0.3) is 0 Å². The molecule has 0 aromatic heterocycles. The summed E-state index contributed by atoms with van der Waals surface area (Å²) in [5, 5.41) is 3.46.